The summed E-state index contributed by atoms with van der Waals surface area (Å²) in [6, 6.07) is 3.24. The largest absolute Gasteiger partial charge is 0.317 e. The molecule has 1 aromatic heterocycles. The van der Waals surface area contributed by atoms with Crippen molar-refractivity contribution in [2.75, 3.05) is 13.6 Å². The number of hydrogen-bond donors (Lipinski definition) is 1. The predicted molar refractivity (Wildman–Crippen MR) is 68.5 cm³/mol. The summed E-state index contributed by atoms with van der Waals surface area (Å²) in [6.45, 7) is 6.72. The number of hydrogen-bond acceptors (Lipinski definition) is 4. The monoisotopic (exact) mass is 234 g/mol. The van der Waals surface area contributed by atoms with Crippen LogP contribution >= 0.6 is 0 Å². The highest BCUT2D eigenvalue weighted by molar-refractivity contribution is 4.99. The van der Waals surface area contributed by atoms with E-state index in [0.717, 1.165) is 18.8 Å². The SMILES string of the molecule is CNC1CCN(Cc2ccncn2)C(C)C1C. The molecule has 1 fully saturated rings. The fourth-order valence-corrected chi connectivity index (χ4v) is 2.69. The molecule has 1 aliphatic heterocycles. The van der Waals surface area contributed by atoms with Gasteiger partial charge in [0, 0.05) is 31.4 Å². The lowest BCUT2D eigenvalue weighted by molar-refractivity contribution is 0.0799. The van der Waals surface area contributed by atoms with Gasteiger partial charge in [-0.2, -0.15) is 0 Å². The van der Waals surface area contributed by atoms with E-state index in [9.17, 15) is 0 Å². The first-order valence-electron chi connectivity index (χ1n) is 6.38. The van der Waals surface area contributed by atoms with Crippen LogP contribution in [0, 0.1) is 5.92 Å². The second-order valence-electron chi connectivity index (χ2n) is 4.95. The number of nitrogens with one attached hydrogen (secondary N) is 1. The van der Waals surface area contributed by atoms with Gasteiger partial charge in [0.25, 0.3) is 0 Å². The lowest BCUT2D eigenvalue weighted by Crippen LogP contribution is -2.52. The van der Waals surface area contributed by atoms with Gasteiger partial charge in [0.05, 0.1) is 5.69 Å². The van der Waals surface area contributed by atoms with Crippen LogP contribution in [0.15, 0.2) is 18.6 Å². The zero-order valence-corrected chi connectivity index (χ0v) is 10.9. The van der Waals surface area contributed by atoms with Crippen LogP contribution in [0.25, 0.3) is 0 Å². The molecule has 0 aliphatic carbocycles. The van der Waals surface area contributed by atoms with Gasteiger partial charge in [-0.15, -0.1) is 0 Å². The van der Waals surface area contributed by atoms with Crippen molar-refractivity contribution in [1.82, 2.24) is 20.2 Å². The van der Waals surface area contributed by atoms with E-state index in [1.165, 1.54) is 6.42 Å². The first kappa shape index (κ1) is 12.5. The molecular formula is C13H22N4. The van der Waals surface area contributed by atoms with Crippen LogP contribution < -0.4 is 5.32 Å². The molecule has 1 saturated heterocycles. The van der Waals surface area contributed by atoms with Crippen LogP contribution in [0.3, 0.4) is 0 Å². The normalized spacial score (nSPS) is 30.4. The number of rotatable bonds is 3. The van der Waals surface area contributed by atoms with Crippen LogP contribution in [-0.2, 0) is 6.54 Å². The van der Waals surface area contributed by atoms with Crippen molar-refractivity contribution in [3.8, 4) is 0 Å². The third-order valence-corrected chi connectivity index (χ3v) is 4.08. The van der Waals surface area contributed by atoms with Crippen molar-refractivity contribution < 1.29 is 0 Å². The maximum absolute atomic E-state index is 4.30. The molecule has 4 heteroatoms. The van der Waals surface area contributed by atoms with Gasteiger partial charge in [-0.1, -0.05) is 6.92 Å². The van der Waals surface area contributed by atoms with Crippen LogP contribution in [-0.4, -0.2) is 40.5 Å². The number of aromatic nitrogens is 2. The van der Waals surface area contributed by atoms with Crippen LogP contribution in [0.1, 0.15) is 26.0 Å². The lowest BCUT2D eigenvalue weighted by Gasteiger charge is -2.42. The standard InChI is InChI=1S/C13H22N4/c1-10-11(2)17(7-5-13(10)14-3)8-12-4-6-15-9-16-12/h4,6,9-11,13-14H,5,7-8H2,1-3H3. The van der Waals surface area contributed by atoms with Gasteiger partial charge >= 0.3 is 0 Å². The number of likely N-dealkylation sites (tertiary alicyclic amines) is 1. The minimum absolute atomic E-state index is 0.594. The predicted octanol–water partition coefficient (Wildman–Crippen LogP) is 1.29. The summed E-state index contributed by atoms with van der Waals surface area (Å²) in [6.07, 6.45) is 4.66. The number of nitrogens with zero attached hydrogens (tertiary/aromatic N) is 3. The van der Waals surface area contributed by atoms with Gasteiger partial charge in [0.15, 0.2) is 0 Å². The van der Waals surface area contributed by atoms with Crippen LogP contribution in [0.2, 0.25) is 0 Å². The van der Waals surface area contributed by atoms with Gasteiger partial charge in [0.2, 0.25) is 0 Å². The summed E-state index contributed by atoms with van der Waals surface area (Å²) < 4.78 is 0. The Morgan fingerprint density at radius 1 is 1.47 bits per heavy atom. The fourth-order valence-electron chi connectivity index (χ4n) is 2.69. The molecule has 0 spiro atoms. The molecule has 4 nitrogen and oxygen atoms in total. The molecular weight excluding hydrogens is 212 g/mol. The fraction of sp³-hybridized carbons (Fsp3) is 0.692. The Balaban J connectivity index is 1.99. The van der Waals surface area contributed by atoms with E-state index in [1.54, 1.807) is 6.33 Å². The van der Waals surface area contributed by atoms with E-state index >= 15 is 0 Å². The van der Waals surface area contributed by atoms with E-state index in [-0.39, 0.29) is 0 Å². The highest BCUT2D eigenvalue weighted by Crippen LogP contribution is 2.24. The molecule has 94 valence electrons. The summed E-state index contributed by atoms with van der Waals surface area (Å²) in [4.78, 5) is 10.8. The lowest BCUT2D eigenvalue weighted by atomic mass is 9.87. The van der Waals surface area contributed by atoms with E-state index in [2.05, 4.69) is 41.1 Å². The van der Waals surface area contributed by atoms with E-state index in [4.69, 9.17) is 0 Å². The second-order valence-corrected chi connectivity index (χ2v) is 4.95. The molecule has 0 aromatic carbocycles. The molecule has 1 N–H and O–H groups in total. The molecule has 3 unspecified atom stereocenters. The smallest absolute Gasteiger partial charge is 0.115 e. The quantitative estimate of drug-likeness (QED) is 0.856. The van der Waals surface area contributed by atoms with E-state index in [0.29, 0.717) is 18.0 Å². The Morgan fingerprint density at radius 2 is 2.29 bits per heavy atom. The van der Waals surface area contributed by atoms with Gasteiger partial charge in [-0.05, 0) is 32.4 Å². The van der Waals surface area contributed by atoms with Gasteiger partial charge in [0.1, 0.15) is 6.33 Å². The summed E-state index contributed by atoms with van der Waals surface area (Å²) >= 11 is 0. The second kappa shape index (κ2) is 5.56. The van der Waals surface area contributed by atoms with E-state index in [1.807, 2.05) is 12.3 Å². The average Bonchev–Trinajstić information content (AvgIpc) is 2.37. The maximum atomic E-state index is 4.30. The molecule has 17 heavy (non-hydrogen) atoms. The summed E-state index contributed by atoms with van der Waals surface area (Å²) in [5.74, 6) is 0.676. The van der Waals surface area contributed by atoms with Crippen molar-refractivity contribution >= 4 is 0 Å². The van der Waals surface area contributed by atoms with Crippen molar-refractivity contribution in [3.63, 3.8) is 0 Å². The van der Waals surface area contributed by atoms with Crippen molar-refractivity contribution in [3.05, 3.63) is 24.3 Å². The molecule has 0 amide bonds. The Labute approximate surface area is 103 Å². The Hall–Kier alpha value is -1.00. The van der Waals surface area contributed by atoms with Gasteiger partial charge in [-0.25, -0.2) is 9.97 Å². The highest BCUT2D eigenvalue weighted by Gasteiger charge is 2.31. The van der Waals surface area contributed by atoms with E-state index < -0.39 is 0 Å². The van der Waals surface area contributed by atoms with Crippen molar-refractivity contribution in [1.29, 1.82) is 0 Å². The molecule has 2 rings (SSSR count). The molecule has 2 heterocycles. The molecule has 0 bridgehead atoms. The van der Waals surface area contributed by atoms with Crippen molar-refractivity contribution in [2.45, 2.75) is 38.9 Å². The summed E-state index contributed by atoms with van der Waals surface area (Å²) in [5, 5.41) is 3.42. The average molecular weight is 234 g/mol. The highest BCUT2D eigenvalue weighted by atomic mass is 15.2. The summed E-state index contributed by atoms with van der Waals surface area (Å²) in [5.41, 5.74) is 1.11. The van der Waals surface area contributed by atoms with Gasteiger partial charge < -0.3 is 5.32 Å². The zero-order chi connectivity index (χ0) is 12.3. The molecule has 0 radical (unpaired) electrons. The molecule has 3 atom stereocenters. The van der Waals surface area contributed by atoms with Crippen molar-refractivity contribution in [2.24, 2.45) is 5.92 Å². The third kappa shape index (κ3) is 2.82. The third-order valence-electron chi connectivity index (χ3n) is 4.08. The summed E-state index contributed by atoms with van der Waals surface area (Å²) in [7, 11) is 2.06. The molecule has 1 aliphatic rings. The number of piperidine rings is 1. The zero-order valence-electron chi connectivity index (χ0n) is 10.9. The van der Waals surface area contributed by atoms with Crippen LogP contribution in [0.4, 0.5) is 0 Å². The van der Waals surface area contributed by atoms with Gasteiger partial charge in [-0.3, -0.25) is 4.90 Å². The molecule has 0 saturated carbocycles. The Kier molecular flexibility index (Phi) is 4.07. The Bertz CT molecular complexity index is 341. The topological polar surface area (TPSA) is 41.0 Å². The minimum Gasteiger partial charge on any atom is -0.317 e. The van der Waals surface area contributed by atoms with Crippen LogP contribution in [0.5, 0.6) is 0 Å². The minimum atomic E-state index is 0.594. The Morgan fingerprint density at radius 3 is 2.94 bits per heavy atom. The maximum Gasteiger partial charge on any atom is 0.115 e. The first-order valence-corrected chi connectivity index (χ1v) is 6.38. The molecule has 1 aromatic rings. The first-order chi connectivity index (χ1) is 8.22.